The van der Waals surface area contributed by atoms with E-state index >= 15 is 0 Å². The summed E-state index contributed by atoms with van der Waals surface area (Å²) in [5, 5.41) is 0.344. The monoisotopic (exact) mass is 440 g/mol. The van der Waals surface area contributed by atoms with Crippen LogP contribution in [0.15, 0.2) is 57.9 Å². The van der Waals surface area contributed by atoms with Crippen LogP contribution in [0.2, 0.25) is 0 Å². The van der Waals surface area contributed by atoms with Gasteiger partial charge < -0.3 is 23.4 Å². The summed E-state index contributed by atoms with van der Waals surface area (Å²) in [4.78, 5) is 24.8. The number of ether oxygens (including phenoxy) is 4. The van der Waals surface area contributed by atoms with Crippen LogP contribution in [0.4, 0.5) is 0 Å². The third-order valence-corrected chi connectivity index (χ3v) is 4.84. The van der Waals surface area contributed by atoms with E-state index in [1.54, 1.807) is 25.1 Å². The Kier molecular flexibility index (Phi) is 7.20. The molecule has 0 radical (unpaired) electrons. The highest BCUT2D eigenvalue weighted by molar-refractivity contribution is 5.79. The Bertz CT molecular complexity index is 1120. The molecule has 0 aliphatic heterocycles. The lowest BCUT2D eigenvalue weighted by Crippen LogP contribution is -2.27. The van der Waals surface area contributed by atoms with E-state index in [4.69, 9.17) is 23.4 Å². The van der Waals surface area contributed by atoms with E-state index < -0.39 is 12.1 Å². The van der Waals surface area contributed by atoms with Crippen molar-refractivity contribution < 1.29 is 28.2 Å². The molecule has 3 aromatic rings. The zero-order chi connectivity index (χ0) is 23.3. The first-order chi connectivity index (χ1) is 15.2. The van der Waals surface area contributed by atoms with Gasteiger partial charge in [0.2, 0.25) is 11.2 Å². The van der Waals surface area contributed by atoms with E-state index in [0.717, 1.165) is 0 Å². The molecule has 7 heteroatoms. The fourth-order valence-corrected chi connectivity index (χ4v) is 2.98. The molecular formula is C25H28O7. The van der Waals surface area contributed by atoms with E-state index in [0.29, 0.717) is 29.1 Å². The summed E-state index contributed by atoms with van der Waals surface area (Å²) in [5.74, 6) is 0.503. The van der Waals surface area contributed by atoms with Crippen molar-refractivity contribution in [2.75, 3.05) is 20.3 Å². The van der Waals surface area contributed by atoms with Crippen molar-refractivity contribution in [2.24, 2.45) is 0 Å². The molecule has 3 rings (SSSR count). The maximum absolute atomic E-state index is 12.8. The minimum absolute atomic E-state index is 0.0262. The zero-order valence-electron chi connectivity index (χ0n) is 19.0. The van der Waals surface area contributed by atoms with Gasteiger partial charge in [-0.3, -0.25) is 4.79 Å². The van der Waals surface area contributed by atoms with E-state index in [1.807, 2.05) is 24.3 Å². The number of carbonyl (C=O) groups excluding carboxylic acids is 1. The summed E-state index contributed by atoms with van der Waals surface area (Å²) in [6, 6.07) is 12.3. The summed E-state index contributed by atoms with van der Waals surface area (Å²) >= 11 is 0. The SMILES string of the molecule is COCCOC(=O)C(C)Oc1ccc2c(=O)c(Oc3ccc(C(C)(C)C)cc3)coc2c1. The fraction of sp³-hybridized carbons (Fsp3) is 0.360. The minimum Gasteiger partial charge on any atom is -0.479 e. The van der Waals surface area contributed by atoms with Crippen molar-refractivity contribution in [3.8, 4) is 17.2 Å². The number of benzene rings is 2. The standard InChI is InChI=1S/C25H28O7/c1-16(24(27)29-13-12-28-5)31-19-10-11-20-21(14-19)30-15-22(23(20)26)32-18-8-6-17(7-9-18)25(2,3)4/h6-11,14-16H,12-13H2,1-5H3. The van der Waals surface area contributed by atoms with Crippen LogP contribution in [-0.2, 0) is 19.7 Å². The summed E-state index contributed by atoms with van der Waals surface area (Å²) in [6.45, 7) is 8.43. The molecule has 7 nitrogen and oxygen atoms in total. The lowest BCUT2D eigenvalue weighted by Gasteiger charge is -2.19. The van der Waals surface area contributed by atoms with Crippen LogP contribution in [0.5, 0.6) is 17.2 Å². The average molecular weight is 440 g/mol. The lowest BCUT2D eigenvalue weighted by atomic mass is 9.87. The molecule has 32 heavy (non-hydrogen) atoms. The smallest absolute Gasteiger partial charge is 0.347 e. The van der Waals surface area contributed by atoms with Gasteiger partial charge in [0.25, 0.3) is 0 Å². The number of fused-ring (bicyclic) bond motifs is 1. The fourth-order valence-electron chi connectivity index (χ4n) is 2.98. The van der Waals surface area contributed by atoms with Crippen LogP contribution in [0, 0.1) is 0 Å². The molecule has 0 aliphatic carbocycles. The van der Waals surface area contributed by atoms with Crippen LogP contribution < -0.4 is 14.9 Å². The van der Waals surface area contributed by atoms with Gasteiger partial charge in [-0.25, -0.2) is 4.79 Å². The molecule has 0 fully saturated rings. The maximum Gasteiger partial charge on any atom is 0.347 e. The van der Waals surface area contributed by atoms with E-state index in [9.17, 15) is 9.59 Å². The van der Waals surface area contributed by atoms with Gasteiger partial charge in [0.05, 0.1) is 12.0 Å². The van der Waals surface area contributed by atoms with Crippen molar-refractivity contribution in [1.29, 1.82) is 0 Å². The highest BCUT2D eigenvalue weighted by Crippen LogP contribution is 2.27. The van der Waals surface area contributed by atoms with Crippen molar-refractivity contribution in [3.05, 3.63) is 64.5 Å². The number of hydrogen-bond donors (Lipinski definition) is 0. The normalized spacial score (nSPS) is 12.4. The number of rotatable bonds is 8. The number of carbonyl (C=O) groups is 1. The predicted molar refractivity (Wildman–Crippen MR) is 121 cm³/mol. The van der Waals surface area contributed by atoms with E-state index in [-0.39, 0.29) is 23.2 Å². The molecule has 1 unspecified atom stereocenters. The molecule has 0 bridgehead atoms. The van der Waals surface area contributed by atoms with Gasteiger partial charge in [0.15, 0.2) is 6.10 Å². The molecule has 1 atom stereocenters. The van der Waals surface area contributed by atoms with Crippen molar-refractivity contribution >= 4 is 16.9 Å². The number of methoxy groups -OCH3 is 1. The first-order valence-electron chi connectivity index (χ1n) is 10.3. The van der Waals surface area contributed by atoms with Gasteiger partial charge in [0, 0.05) is 13.2 Å². The predicted octanol–water partition coefficient (Wildman–Crippen LogP) is 4.84. The van der Waals surface area contributed by atoms with Gasteiger partial charge in [-0.2, -0.15) is 0 Å². The maximum atomic E-state index is 12.8. The minimum atomic E-state index is -0.824. The first-order valence-corrected chi connectivity index (χ1v) is 10.3. The van der Waals surface area contributed by atoms with Gasteiger partial charge in [-0.1, -0.05) is 32.9 Å². The van der Waals surface area contributed by atoms with Crippen LogP contribution >= 0.6 is 0 Å². The molecule has 0 spiro atoms. The molecule has 0 saturated heterocycles. The summed E-state index contributed by atoms with van der Waals surface area (Å²) < 4.78 is 26.8. The molecule has 0 saturated carbocycles. The van der Waals surface area contributed by atoms with Crippen LogP contribution in [-0.4, -0.2) is 32.4 Å². The topological polar surface area (TPSA) is 84.2 Å². The third-order valence-electron chi connectivity index (χ3n) is 4.84. The third kappa shape index (κ3) is 5.68. The van der Waals surface area contributed by atoms with Crippen molar-refractivity contribution in [1.82, 2.24) is 0 Å². The van der Waals surface area contributed by atoms with Gasteiger partial charge in [-0.15, -0.1) is 0 Å². The highest BCUT2D eigenvalue weighted by atomic mass is 16.6. The second kappa shape index (κ2) is 9.87. The summed E-state index contributed by atoms with van der Waals surface area (Å²) in [7, 11) is 1.52. The molecule has 0 aliphatic rings. The molecular weight excluding hydrogens is 412 g/mol. The molecule has 1 heterocycles. The van der Waals surface area contributed by atoms with Crippen LogP contribution in [0.1, 0.15) is 33.3 Å². The average Bonchev–Trinajstić information content (AvgIpc) is 2.75. The molecule has 2 aromatic carbocycles. The Morgan fingerprint density at radius 2 is 1.72 bits per heavy atom. The van der Waals surface area contributed by atoms with Crippen molar-refractivity contribution in [3.63, 3.8) is 0 Å². The number of hydrogen-bond acceptors (Lipinski definition) is 7. The largest absolute Gasteiger partial charge is 0.479 e. The molecule has 0 N–H and O–H groups in total. The highest BCUT2D eigenvalue weighted by Gasteiger charge is 2.18. The summed E-state index contributed by atoms with van der Waals surface area (Å²) in [5.41, 5.74) is 1.21. The Balaban J connectivity index is 1.74. The molecule has 0 amide bonds. The molecule has 170 valence electrons. The Labute approximate surface area is 186 Å². The van der Waals surface area contributed by atoms with E-state index in [1.165, 1.54) is 18.9 Å². The Hall–Kier alpha value is -3.32. The van der Waals surface area contributed by atoms with Gasteiger partial charge >= 0.3 is 5.97 Å². The zero-order valence-corrected chi connectivity index (χ0v) is 19.0. The summed E-state index contributed by atoms with van der Waals surface area (Å²) in [6.07, 6.45) is 0.448. The Morgan fingerprint density at radius 1 is 1.03 bits per heavy atom. The molecule has 1 aromatic heterocycles. The van der Waals surface area contributed by atoms with Crippen LogP contribution in [0.3, 0.4) is 0 Å². The Morgan fingerprint density at radius 3 is 2.38 bits per heavy atom. The van der Waals surface area contributed by atoms with Crippen LogP contribution in [0.25, 0.3) is 11.0 Å². The second-order valence-electron chi connectivity index (χ2n) is 8.38. The van der Waals surface area contributed by atoms with Crippen molar-refractivity contribution in [2.45, 2.75) is 39.2 Å². The van der Waals surface area contributed by atoms with Gasteiger partial charge in [-0.05, 0) is 42.2 Å². The second-order valence-corrected chi connectivity index (χ2v) is 8.38. The van der Waals surface area contributed by atoms with Gasteiger partial charge in [0.1, 0.15) is 30.0 Å². The quantitative estimate of drug-likeness (QED) is 0.366. The first kappa shape index (κ1) is 23.3. The lowest BCUT2D eigenvalue weighted by molar-refractivity contribution is -0.152. The number of esters is 1. The van der Waals surface area contributed by atoms with E-state index in [2.05, 4.69) is 20.8 Å².